The van der Waals surface area contributed by atoms with Gasteiger partial charge in [-0.15, -0.1) is 0 Å². The number of carboxylic acid groups (broad SMARTS) is 1. The summed E-state index contributed by atoms with van der Waals surface area (Å²) in [7, 11) is 0. The van der Waals surface area contributed by atoms with Crippen molar-refractivity contribution >= 4 is 11.7 Å². The first-order valence-electron chi connectivity index (χ1n) is 3.94. The maximum absolute atomic E-state index is 12.9. The Morgan fingerprint density at radius 1 is 1.62 bits per heavy atom. The normalized spacial score (nSPS) is 19.3. The van der Waals surface area contributed by atoms with Crippen LogP contribution in [0.2, 0.25) is 0 Å². The highest BCUT2D eigenvalue weighted by Gasteiger charge is 2.24. The second-order valence-corrected chi connectivity index (χ2v) is 2.95. The Morgan fingerprint density at radius 3 is 3.08 bits per heavy atom. The van der Waals surface area contributed by atoms with Gasteiger partial charge in [-0.3, -0.25) is 0 Å². The molecular formula is C9H8FNO2. The smallest absolute Gasteiger partial charge is 0.336 e. The summed E-state index contributed by atoms with van der Waals surface area (Å²) in [5, 5.41) is 11.3. The lowest BCUT2D eigenvalue weighted by Gasteiger charge is -2.01. The number of alkyl halides is 1. The van der Waals surface area contributed by atoms with E-state index in [1.807, 2.05) is 0 Å². The van der Waals surface area contributed by atoms with Crippen molar-refractivity contribution in [2.24, 2.45) is 0 Å². The van der Waals surface area contributed by atoms with Gasteiger partial charge in [-0.1, -0.05) is 6.07 Å². The van der Waals surface area contributed by atoms with Crippen LogP contribution in [0.25, 0.3) is 0 Å². The van der Waals surface area contributed by atoms with Gasteiger partial charge < -0.3 is 10.4 Å². The second-order valence-electron chi connectivity index (χ2n) is 2.95. The van der Waals surface area contributed by atoms with Gasteiger partial charge in [0.15, 0.2) is 6.30 Å². The lowest BCUT2D eigenvalue weighted by Crippen LogP contribution is -2.06. The summed E-state index contributed by atoms with van der Waals surface area (Å²) in [6.45, 7) is 0. The molecule has 1 heterocycles. The highest BCUT2D eigenvalue weighted by Crippen LogP contribution is 2.29. The second kappa shape index (κ2) is 2.73. The number of aromatic carboxylic acids is 1. The van der Waals surface area contributed by atoms with E-state index in [9.17, 15) is 9.18 Å². The number of benzene rings is 1. The third-order valence-electron chi connectivity index (χ3n) is 2.10. The summed E-state index contributed by atoms with van der Waals surface area (Å²) >= 11 is 0. The first kappa shape index (κ1) is 8.04. The highest BCUT2D eigenvalue weighted by molar-refractivity contribution is 5.91. The molecule has 0 radical (unpaired) electrons. The highest BCUT2D eigenvalue weighted by atomic mass is 19.1. The predicted octanol–water partition coefficient (Wildman–Crippen LogP) is 1.65. The molecule has 2 N–H and O–H groups in total. The minimum absolute atomic E-state index is 0.137. The molecule has 0 aromatic heterocycles. The van der Waals surface area contributed by atoms with Gasteiger partial charge in [0.2, 0.25) is 0 Å². The first-order valence-corrected chi connectivity index (χ1v) is 3.94. The first-order chi connectivity index (χ1) is 6.18. The lowest BCUT2D eigenvalue weighted by molar-refractivity contribution is 0.0696. The molecule has 1 aliphatic heterocycles. The van der Waals surface area contributed by atoms with Crippen LogP contribution in [0.15, 0.2) is 18.2 Å². The van der Waals surface area contributed by atoms with Gasteiger partial charge in [0.25, 0.3) is 0 Å². The van der Waals surface area contributed by atoms with Crippen LogP contribution >= 0.6 is 0 Å². The van der Waals surface area contributed by atoms with Gasteiger partial charge in [0, 0.05) is 12.1 Å². The van der Waals surface area contributed by atoms with Crippen molar-refractivity contribution in [3.8, 4) is 0 Å². The van der Waals surface area contributed by atoms with Crippen molar-refractivity contribution in [2.45, 2.75) is 12.7 Å². The number of carboxylic acids is 1. The maximum Gasteiger partial charge on any atom is 0.336 e. The number of anilines is 1. The van der Waals surface area contributed by atoms with E-state index in [2.05, 4.69) is 5.32 Å². The predicted molar refractivity (Wildman–Crippen MR) is 45.6 cm³/mol. The van der Waals surface area contributed by atoms with Crippen LogP contribution in [-0.4, -0.2) is 17.4 Å². The van der Waals surface area contributed by atoms with E-state index in [0.29, 0.717) is 11.3 Å². The van der Waals surface area contributed by atoms with Gasteiger partial charge in [-0.05, 0) is 17.7 Å². The van der Waals surface area contributed by atoms with E-state index >= 15 is 0 Å². The molecule has 0 fully saturated rings. The molecule has 2 rings (SSSR count). The number of hydrogen-bond acceptors (Lipinski definition) is 2. The van der Waals surface area contributed by atoms with Crippen molar-refractivity contribution in [1.29, 1.82) is 0 Å². The molecule has 0 saturated carbocycles. The standard InChI is InChI=1S/C9H8FNO2/c10-8-4-6-5(9(12)13)2-1-3-7(6)11-8/h1-3,8,11H,4H2,(H,12,13). The molecule has 68 valence electrons. The summed E-state index contributed by atoms with van der Waals surface area (Å²) < 4.78 is 12.9. The zero-order chi connectivity index (χ0) is 9.42. The van der Waals surface area contributed by atoms with E-state index < -0.39 is 12.3 Å². The van der Waals surface area contributed by atoms with Gasteiger partial charge in [0.1, 0.15) is 0 Å². The number of halogens is 1. The van der Waals surface area contributed by atoms with Crippen molar-refractivity contribution in [3.05, 3.63) is 29.3 Å². The fourth-order valence-corrected chi connectivity index (χ4v) is 1.54. The maximum atomic E-state index is 12.9. The number of nitrogens with one attached hydrogen (secondary N) is 1. The minimum Gasteiger partial charge on any atom is -0.478 e. The SMILES string of the molecule is O=C(O)c1cccc2c1CC(F)N2. The number of carbonyl (C=O) groups is 1. The molecule has 0 saturated heterocycles. The Balaban J connectivity index is 2.51. The summed E-state index contributed by atoms with van der Waals surface area (Å²) in [5.41, 5.74) is 1.33. The Labute approximate surface area is 74.2 Å². The quantitative estimate of drug-likeness (QED) is 0.647. The largest absolute Gasteiger partial charge is 0.478 e. The molecule has 13 heavy (non-hydrogen) atoms. The molecule has 4 heteroatoms. The Morgan fingerprint density at radius 2 is 2.38 bits per heavy atom. The van der Waals surface area contributed by atoms with Gasteiger partial charge >= 0.3 is 5.97 Å². The van der Waals surface area contributed by atoms with Crippen molar-refractivity contribution in [3.63, 3.8) is 0 Å². The molecule has 1 aromatic rings. The Kier molecular flexibility index (Phi) is 1.69. The van der Waals surface area contributed by atoms with Crippen LogP contribution in [0, 0.1) is 0 Å². The molecule has 0 amide bonds. The van der Waals surface area contributed by atoms with Crippen LogP contribution in [-0.2, 0) is 6.42 Å². The molecule has 1 unspecified atom stereocenters. The van der Waals surface area contributed by atoms with E-state index in [4.69, 9.17) is 5.11 Å². The monoisotopic (exact) mass is 181 g/mol. The fraction of sp³-hybridized carbons (Fsp3) is 0.222. The third kappa shape index (κ3) is 1.24. The van der Waals surface area contributed by atoms with Crippen LogP contribution in [0.4, 0.5) is 10.1 Å². The molecule has 0 aliphatic carbocycles. The molecule has 0 bridgehead atoms. The molecule has 1 aliphatic rings. The molecule has 1 atom stereocenters. The van der Waals surface area contributed by atoms with E-state index in [-0.39, 0.29) is 12.0 Å². The van der Waals surface area contributed by atoms with E-state index in [0.717, 1.165) is 0 Å². The lowest BCUT2D eigenvalue weighted by atomic mass is 10.1. The zero-order valence-corrected chi connectivity index (χ0v) is 6.75. The van der Waals surface area contributed by atoms with E-state index in [1.165, 1.54) is 6.07 Å². The topological polar surface area (TPSA) is 49.3 Å². The summed E-state index contributed by atoms with van der Waals surface area (Å²) in [6, 6.07) is 4.77. The van der Waals surface area contributed by atoms with Crippen LogP contribution in [0.1, 0.15) is 15.9 Å². The summed E-state index contributed by atoms with van der Waals surface area (Å²) in [6.07, 6.45) is -1.02. The summed E-state index contributed by atoms with van der Waals surface area (Å²) in [5.74, 6) is -1.01. The van der Waals surface area contributed by atoms with Gasteiger partial charge in [-0.25, -0.2) is 9.18 Å². The number of fused-ring (bicyclic) bond motifs is 1. The average molecular weight is 181 g/mol. The summed E-state index contributed by atoms with van der Waals surface area (Å²) in [4.78, 5) is 10.7. The van der Waals surface area contributed by atoms with Crippen molar-refractivity contribution in [1.82, 2.24) is 0 Å². The Bertz CT molecular complexity index is 365. The third-order valence-corrected chi connectivity index (χ3v) is 2.10. The molecular weight excluding hydrogens is 173 g/mol. The fourth-order valence-electron chi connectivity index (χ4n) is 1.54. The van der Waals surface area contributed by atoms with Gasteiger partial charge in [-0.2, -0.15) is 0 Å². The van der Waals surface area contributed by atoms with Crippen LogP contribution in [0.3, 0.4) is 0 Å². The Hall–Kier alpha value is -1.58. The van der Waals surface area contributed by atoms with Crippen molar-refractivity contribution < 1.29 is 14.3 Å². The van der Waals surface area contributed by atoms with Crippen molar-refractivity contribution in [2.75, 3.05) is 5.32 Å². The molecule has 0 spiro atoms. The number of hydrogen-bond donors (Lipinski definition) is 2. The molecule has 1 aromatic carbocycles. The van der Waals surface area contributed by atoms with Gasteiger partial charge in [0.05, 0.1) is 5.56 Å². The van der Waals surface area contributed by atoms with Crippen LogP contribution in [0.5, 0.6) is 0 Å². The average Bonchev–Trinajstić information content (AvgIpc) is 2.43. The van der Waals surface area contributed by atoms with Crippen LogP contribution < -0.4 is 5.32 Å². The number of rotatable bonds is 1. The molecule has 3 nitrogen and oxygen atoms in total. The van der Waals surface area contributed by atoms with E-state index in [1.54, 1.807) is 12.1 Å². The minimum atomic E-state index is -1.16. The zero-order valence-electron chi connectivity index (χ0n) is 6.75.